The summed E-state index contributed by atoms with van der Waals surface area (Å²) in [5, 5.41) is 0. The lowest BCUT2D eigenvalue weighted by Crippen LogP contribution is -2.39. The van der Waals surface area contributed by atoms with Crippen LogP contribution < -0.4 is 5.73 Å². The number of carbonyl (C=O) groups is 1. The molecule has 0 aromatic carbocycles. The van der Waals surface area contributed by atoms with Crippen LogP contribution in [-0.2, 0) is 4.79 Å². The summed E-state index contributed by atoms with van der Waals surface area (Å²) in [5.74, 6) is 2.48. The molecule has 2 aliphatic carbocycles. The highest BCUT2D eigenvalue weighted by Gasteiger charge is 2.48. The maximum Gasteiger partial charge on any atom is 0.225 e. The molecule has 16 heavy (non-hydrogen) atoms. The number of nitrogens with two attached hydrogens (primary N) is 1. The summed E-state index contributed by atoms with van der Waals surface area (Å²) in [5.41, 5.74) is 5.58. The predicted octanol–water partition coefficient (Wildman–Crippen LogP) is 1.62. The summed E-state index contributed by atoms with van der Waals surface area (Å²) in [4.78, 5) is 14.3. The molecule has 1 amide bonds. The van der Waals surface area contributed by atoms with Crippen LogP contribution in [0.5, 0.6) is 0 Å². The quantitative estimate of drug-likeness (QED) is 0.745. The molecule has 2 saturated carbocycles. The topological polar surface area (TPSA) is 46.3 Å². The zero-order chi connectivity index (χ0) is 11.5. The summed E-state index contributed by atoms with van der Waals surface area (Å²) in [6.45, 7) is 4.40. The zero-order valence-corrected chi connectivity index (χ0v) is 10.3. The van der Waals surface area contributed by atoms with E-state index in [0.29, 0.717) is 18.4 Å². The lowest BCUT2D eigenvalue weighted by molar-refractivity contribution is -0.135. The van der Waals surface area contributed by atoms with Crippen molar-refractivity contribution in [3.05, 3.63) is 0 Å². The molecule has 0 aliphatic heterocycles. The van der Waals surface area contributed by atoms with Crippen molar-refractivity contribution in [2.75, 3.05) is 19.6 Å². The molecule has 2 fully saturated rings. The third kappa shape index (κ3) is 2.57. The number of rotatable bonds is 6. The predicted molar refractivity (Wildman–Crippen MR) is 64.9 cm³/mol. The van der Waals surface area contributed by atoms with Crippen LogP contribution in [0, 0.1) is 17.8 Å². The second kappa shape index (κ2) is 5.17. The molecule has 0 saturated heterocycles. The van der Waals surface area contributed by atoms with Gasteiger partial charge in [-0.05, 0) is 37.5 Å². The van der Waals surface area contributed by atoms with Crippen molar-refractivity contribution in [1.82, 2.24) is 4.90 Å². The van der Waals surface area contributed by atoms with E-state index in [9.17, 15) is 4.79 Å². The largest absolute Gasteiger partial charge is 0.341 e. The molecule has 0 spiro atoms. The van der Waals surface area contributed by atoms with Gasteiger partial charge in [0.1, 0.15) is 0 Å². The summed E-state index contributed by atoms with van der Waals surface area (Å²) < 4.78 is 0. The van der Waals surface area contributed by atoms with Crippen molar-refractivity contribution in [1.29, 1.82) is 0 Å². The molecule has 0 heterocycles. The Morgan fingerprint density at radius 3 is 2.50 bits per heavy atom. The summed E-state index contributed by atoms with van der Waals surface area (Å²) in [6, 6.07) is 0. The van der Waals surface area contributed by atoms with Gasteiger partial charge in [0.25, 0.3) is 0 Å². The monoisotopic (exact) mass is 224 g/mol. The normalized spacial score (nSPS) is 31.2. The van der Waals surface area contributed by atoms with Crippen LogP contribution in [0.4, 0.5) is 0 Å². The molecule has 3 nitrogen and oxygen atoms in total. The molecular weight excluding hydrogens is 200 g/mol. The smallest absolute Gasteiger partial charge is 0.225 e. The Labute approximate surface area is 98.4 Å². The number of hydrogen-bond donors (Lipinski definition) is 1. The Morgan fingerprint density at radius 1 is 1.25 bits per heavy atom. The van der Waals surface area contributed by atoms with E-state index in [0.717, 1.165) is 50.6 Å². The molecule has 2 unspecified atom stereocenters. The van der Waals surface area contributed by atoms with E-state index in [1.807, 2.05) is 4.90 Å². The number of carbonyl (C=O) groups excluding carboxylic acids is 1. The van der Waals surface area contributed by atoms with Gasteiger partial charge in [0.2, 0.25) is 5.91 Å². The Morgan fingerprint density at radius 2 is 1.94 bits per heavy atom. The van der Waals surface area contributed by atoms with Crippen molar-refractivity contribution >= 4 is 5.91 Å². The van der Waals surface area contributed by atoms with E-state index in [-0.39, 0.29) is 0 Å². The van der Waals surface area contributed by atoms with Gasteiger partial charge in [-0.1, -0.05) is 13.3 Å². The number of fused-ring (bicyclic) bond motifs is 1. The standard InChI is InChI=1S/C13H24N2O/c1-2-3-5-15(6-4-14)13(16)12-8-10-7-11(10)9-12/h10-12H,2-9,14H2,1H3. The Bertz CT molecular complexity index is 244. The van der Waals surface area contributed by atoms with Crippen LogP contribution in [0.3, 0.4) is 0 Å². The third-order valence-corrected chi connectivity index (χ3v) is 4.09. The first-order chi connectivity index (χ1) is 7.76. The second-order valence-corrected chi connectivity index (χ2v) is 5.39. The number of amides is 1. The molecule has 0 bridgehead atoms. The first kappa shape index (κ1) is 11.9. The maximum atomic E-state index is 12.3. The molecule has 92 valence electrons. The van der Waals surface area contributed by atoms with Gasteiger partial charge in [-0.15, -0.1) is 0 Å². The van der Waals surface area contributed by atoms with Crippen LogP contribution in [-0.4, -0.2) is 30.4 Å². The first-order valence-corrected chi connectivity index (χ1v) is 6.75. The Balaban J connectivity index is 1.83. The van der Waals surface area contributed by atoms with E-state index in [1.165, 1.54) is 6.42 Å². The van der Waals surface area contributed by atoms with Crippen molar-refractivity contribution in [3.8, 4) is 0 Å². The average molecular weight is 224 g/mol. The number of hydrogen-bond acceptors (Lipinski definition) is 2. The minimum absolute atomic E-state index is 0.326. The fourth-order valence-corrected chi connectivity index (χ4v) is 3.01. The highest BCUT2D eigenvalue weighted by Crippen LogP contribution is 2.54. The van der Waals surface area contributed by atoms with E-state index in [4.69, 9.17) is 5.73 Å². The van der Waals surface area contributed by atoms with Crippen molar-refractivity contribution in [2.24, 2.45) is 23.5 Å². The maximum absolute atomic E-state index is 12.3. The fourth-order valence-electron chi connectivity index (χ4n) is 3.01. The lowest BCUT2D eigenvalue weighted by Gasteiger charge is -2.25. The van der Waals surface area contributed by atoms with Gasteiger partial charge in [-0.2, -0.15) is 0 Å². The average Bonchev–Trinajstić information content (AvgIpc) is 2.90. The van der Waals surface area contributed by atoms with Crippen molar-refractivity contribution in [2.45, 2.75) is 39.0 Å². The van der Waals surface area contributed by atoms with Gasteiger partial charge < -0.3 is 10.6 Å². The van der Waals surface area contributed by atoms with Gasteiger partial charge in [-0.25, -0.2) is 0 Å². The summed E-state index contributed by atoms with van der Waals surface area (Å²) in [6.07, 6.45) is 5.93. The van der Waals surface area contributed by atoms with Gasteiger partial charge in [0.05, 0.1) is 0 Å². The molecule has 0 aromatic heterocycles. The highest BCUT2D eigenvalue weighted by molar-refractivity contribution is 5.79. The third-order valence-electron chi connectivity index (χ3n) is 4.09. The minimum Gasteiger partial charge on any atom is -0.341 e. The fraction of sp³-hybridized carbons (Fsp3) is 0.923. The molecule has 2 aliphatic rings. The van der Waals surface area contributed by atoms with E-state index >= 15 is 0 Å². The lowest BCUT2D eigenvalue weighted by atomic mass is 10.0. The molecule has 3 heteroatoms. The van der Waals surface area contributed by atoms with Crippen LogP contribution in [0.15, 0.2) is 0 Å². The number of unbranched alkanes of at least 4 members (excludes halogenated alkanes) is 1. The Hall–Kier alpha value is -0.570. The minimum atomic E-state index is 0.326. The molecule has 2 rings (SSSR count). The molecule has 2 atom stereocenters. The van der Waals surface area contributed by atoms with Gasteiger partial charge >= 0.3 is 0 Å². The second-order valence-electron chi connectivity index (χ2n) is 5.39. The molecular formula is C13H24N2O. The van der Waals surface area contributed by atoms with Crippen molar-refractivity contribution < 1.29 is 4.79 Å². The van der Waals surface area contributed by atoms with E-state index < -0.39 is 0 Å². The van der Waals surface area contributed by atoms with Crippen LogP contribution >= 0.6 is 0 Å². The highest BCUT2D eigenvalue weighted by atomic mass is 16.2. The van der Waals surface area contributed by atoms with Gasteiger partial charge in [0, 0.05) is 25.6 Å². The zero-order valence-electron chi connectivity index (χ0n) is 10.3. The summed E-state index contributed by atoms with van der Waals surface area (Å²) >= 11 is 0. The molecule has 0 aromatic rings. The van der Waals surface area contributed by atoms with Crippen LogP contribution in [0.25, 0.3) is 0 Å². The van der Waals surface area contributed by atoms with E-state index in [2.05, 4.69) is 6.92 Å². The van der Waals surface area contributed by atoms with Crippen LogP contribution in [0.1, 0.15) is 39.0 Å². The first-order valence-electron chi connectivity index (χ1n) is 6.75. The van der Waals surface area contributed by atoms with Gasteiger partial charge in [0.15, 0.2) is 0 Å². The number of nitrogens with zero attached hydrogens (tertiary/aromatic N) is 1. The van der Waals surface area contributed by atoms with Crippen LogP contribution in [0.2, 0.25) is 0 Å². The van der Waals surface area contributed by atoms with E-state index in [1.54, 1.807) is 0 Å². The SMILES string of the molecule is CCCCN(CCN)C(=O)C1CC2CC2C1. The molecule has 2 N–H and O–H groups in total. The Kier molecular flexibility index (Phi) is 3.85. The van der Waals surface area contributed by atoms with Gasteiger partial charge in [-0.3, -0.25) is 4.79 Å². The summed E-state index contributed by atoms with van der Waals surface area (Å²) in [7, 11) is 0. The molecule has 0 radical (unpaired) electrons. The van der Waals surface area contributed by atoms with Crippen molar-refractivity contribution in [3.63, 3.8) is 0 Å².